The number of aromatic nitrogens is 2. The largest absolute Gasteiger partial charge is 0.486 e. The van der Waals surface area contributed by atoms with Crippen molar-refractivity contribution >= 4 is 33.2 Å². The molecule has 11 heteroatoms. The van der Waals surface area contributed by atoms with Gasteiger partial charge >= 0.3 is 0 Å². The fourth-order valence-corrected chi connectivity index (χ4v) is 5.01. The van der Waals surface area contributed by atoms with Crippen LogP contribution in [0.15, 0.2) is 23.1 Å². The van der Waals surface area contributed by atoms with Gasteiger partial charge in [-0.1, -0.05) is 16.1 Å². The van der Waals surface area contributed by atoms with E-state index in [9.17, 15) is 8.42 Å². The molecule has 26 heavy (non-hydrogen) atoms. The summed E-state index contributed by atoms with van der Waals surface area (Å²) < 4.78 is 42.7. The van der Waals surface area contributed by atoms with Gasteiger partial charge in [-0.05, 0) is 12.1 Å². The van der Waals surface area contributed by atoms with Crippen molar-refractivity contribution < 1.29 is 17.9 Å². The molecule has 3 heterocycles. The zero-order valence-electron chi connectivity index (χ0n) is 13.8. The Morgan fingerprint density at radius 1 is 1.12 bits per heavy atom. The molecule has 1 fully saturated rings. The third-order valence-corrected chi connectivity index (χ3v) is 7.24. The van der Waals surface area contributed by atoms with Gasteiger partial charge in [0.05, 0.1) is 4.90 Å². The van der Waals surface area contributed by atoms with Crippen LogP contribution in [0.5, 0.6) is 11.5 Å². The molecule has 4 rings (SSSR count). The molecule has 0 aliphatic carbocycles. The maximum absolute atomic E-state index is 12.9. The zero-order chi connectivity index (χ0) is 18.1. The Morgan fingerprint density at radius 2 is 1.85 bits per heavy atom. The first-order valence-electron chi connectivity index (χ1n) is 8.13. The van der Waals surface area contributed by atoms with Crippen LogP contribution in [0.2, 0.25) is 4.34 Å². The Morgan fingerprint density at radius 3 is 2.54 bits per heavy atom. The fourth-order valence-electron chi connectivity index (χ4n) is 2.96. The third-order valence-electron chi connectivity index (χ3n) is 4.37. The Labute approximate surface area is 160 Å². The number of hydrogen-bond donors (Lipinski definition) is 0. The van der Waals surface area contributed by atoms with Crippen molar-refractivity contribution in [3.63, 3.8) is 0 Å². The monoisotopic (exact) mass is 416 g/mol. The van der Waals surface area contributed by atoms with Crippen LogP contribution < -0.4 is 9.47 Å². The number of piperazine rings is 1. The van der Waals surface area contributed by atoms with E-state index in [1.54, 1.807) is 12.1 Å². The van der Waals surface area contributed by atoms with Gasteiger partial charge in [0.25, 0.3) is 0 Å². The highest BCUT2D eigenvalue weighted by Crippen LogP contribution is 2.33. The maximum atomic E-state index is 12.9. The Hall–Kier alpha value is -1.46. The number of halogens is 1. The molecule has 0 radical (unpaired) electrons. The highest BCUT2D eigenvalue weighted by molar-refractivity contribution is 7.89. The summed E-state index contributed by atoms with van der Waals surface area (Å²) in [5, 5.41) is 4.00. The van der Waals surface area contributed by atoms with E-state index in [0.717, 1.165) is 17.2 Å². The second-order valence-electron chi connectivity index (χ2n) is 5.98. The van der Waals surface area contributed by atoms with Crippen molar-refractivity contribution in [2.24, 2.45) is 0 Å². The van der Waals surface area contributed by atoms with Gasteiger partial charge in [-0.25, -0.2) is 8.42 Å². The number of nitrogens with zero attached hydrogens (tertiary/aromatic N) is 4. The molecule has 0 unspecified atom stereocenters. The summed E-state index contributed by atoms with van der Waals surface area (Å²) >= 11 is 7.19. The highest BCUT2D eigenvalue weighted by atomic mass is 35.5. The molecule has 140 valence electrons. The van der Waals surface area contributed by atoms with Gasteiger partial charge < -0.3 is 9.47 Å². The van der Waals surface area contributed by atoms with Gasteiger partial charge in [0.15, 0.2) is 11.5 Å². The number of benzene rings is 1. The van der Waals surface area contributed by atoms with Gasteiger partial charge in [0, 0.05) is 50.3 Å². The second-order valence-corrected chi connectivity index (χ2v) is 9.27. The van der Waals surface area contributed by atoms with Crippen LogP contribution in [0.4, 0.5) is 0 Å². The molecule has 1 aromatic heterocycles. The number of rotatable bonds is 4. The molecule has 0 atom stereocenters. The van der Waals surface area contributed by atoms with Gasteiger partial charge in [-0.15, -0.1) is 5.10 Å². The van der Waals surface area contributed by atoms with Crippen LogP contribution in [-0.2, 0) is 16.6 Å². The van der Waals surface area contributed by atoms with E-state index in [1.807, 2.05) is 0 Å². The molecular formula is C15H17ClN4O4S2. The average Bonchev–Trinajstić information content (AvgIpc) is 3.06. The van der Waals surface area contributed by atoms with Crippen LogP contribution in [0.3, 0.4) is 0 Å². The molecule has 2 aliphatic rings. The van der Waals surface area contributed by atoms with Gasteiger partial charge in [0.2, 0.25) is 10.0 Å². The molecule has 0 N–H and O–H groups in total. The van der Waals surface area contributed by atoms with Crippen molar-refractivity contribution in [2.75, 3.05) is 39.4 Å². The van der Waals surface area contributed by atoms with Gasteiger partial charge in [-0.3, -0.25) is 4.90 Å². The SMILES string of the molecule is O=S(=O)(c1ccc2c(c1)OCCO2)N1CCN(Cc2nnsc2Cl)CC1. The summed E-state index contributed by atoms with van der Waals surface area (Å²) in [6.45, 7) is 3.50. The molecule has 0 saturated carbocycles. The maximum Gasteiger partial charge on any atom is 0.243 e. The summed E-state index contributed by atoms with van der Waals surface area (Å²) in [6.07, 6.45) is 0. The number of fused-ring (bicyclic) bond motifs is 1. The first kappa shape index (κ1) is 17.9. The minimum atomic E-state index is -3.57. The molecule has 0 amide bonds. The molecule has 1 saturated heterocycles. The average molecular weight is 417 g/mol. The summed E-state index contributed by atoms with van der Waals surface area (Å²) in [6, 6.07) is 4.75. The van der Waals surface area contributed by atoms with Crippen LogP contribution in [0.25, 0.3) is 0 Å². The zero-order valence-corrected chi connectivity index (χ0v) is 16.2. The summed E-state index contributed by atoms with van der Waals surface area (Å²) in [5.41, 5.74) is 0.736. The first-order valence-corrected chi connectivity index (χ1v) is 10.7. The van der Waals surface area contributed by atoms with E-state index in [4.69, 9.17) is 21.1 Å². The molecule has 0 bridgehead atoms. The lowest BCUT2D eigenvalue weighted by Gasteiger charge is -2.33. The van der Waals surface area contributed by atoms with Crippen LogP contribution in [-0.4, -0.2) is 66.6 Å². The predicted octanol–water partition coefficient (Wildman–Crippen LogP) is 1.47. The quantitative estimate of drug-likeness (QED) is 0.746. The summed E-state index contributed by atoms with van der Waals surface area (Å²) in [7, 11) is -3.57. The second kappa shape index (κ2) is 7.28. The van der Waals surface area contributed by atoms with E-state index < -0.39 is 10.0 Å². The van der Waals surface area contributed by atoms with Gasteiger partial charge in [-0.2, -0.15) is 4.31 Å². The van der Waals surface area contributed by atoms with Crippen molar-refractivity contribution in [1.29, 1.82) is 0 Å². The van der Waals surface area contributed by atoms with Crippen LogP contribution >= 0.6 is 23.1 Å². The standard InChI is InChI=1S/C15H17ClN4O4S2/c16-15-12(17-18-25-15)10-19-3-5-20(6-4-19)26(21,22)11-1-2-13-14(9-11)24-8-7-23-13/h1-2,9H,3-8,10H2. The minimum absolute atomic E-state index is 0.224. The lowest BCUT2D eigenvalue weighted by atomic mass is 10.3. The Kier molecular flexibility index (Phi) is 5.02. The molecule has 2 aromatic rings. The Balaban J connectivity index is 1.44. The predicted molar refractivity (Wildman–Crippen MR) is 96.4 cm³/mol. The molecule has 8 nitrogen and oxygen atoms in total. The van der Waals surface area contributed by atoms with E-state index in [0.29, 0.717) is 61.8 Å². The van der Waals surface area contributed by atoms with Crippen molar-refractivity contribution in [1.82, 2.24) is 18.8 Å². The van der Waals surface area contributed by atoms with Crippen molar-refractivity contribution in [3.8, 4) is 11.5 Å². The summed E-state index contributed by atoms with van der Waals surface area (Å²) in [5.74, 6) is 1.05. The topological polar surface area (TPSA) is 84.9 Å². The lowest BCUT2D eigenvalue weighted by Crippen LogP contribution is -2.48. The van der Waals surface area contributed by atoms with E-state index in [2.05, 4.69) is 14.5 Å². The Bertz CT molecular complexity index is 897. The van der Waals surface area contributed by atoms with Crippen molar-refractivity contribution in [2.45, 2.75) is 11.4 Å². The van der Waals surface area contributed by atoms with E-state index in [1.165, 1.54) is 10.4 Å². The number of sulfonamides is 1. The molecule has 2 aliphatic heterocycles. The van der Waals surface area contributed by atoms with Crippen LogP contribution in [0, 0.1) is 0 Å². The fraction of sp³-hybridized carbons (Fsp3) is 0.467. The van der Waals surface area contributed by atoms with Gasteiger partial charge in [0.1, 0.15) is 23.2 Å². The van der Waals surface area contributed by atoms with Crippen molar-refractivity contribution in [3.05, 3.63) is 28.2 Å². The first-order chi connectivity index (χ1) is 12.5. The molecule has 1 aromatic carbocycles. The van der Waals surface area contributed by atoms with E-state index in [-0.39, 0.29) is 4.90 Å². The third kappa shape index (κ3) is 3.52. The highest BCUT2D eigenvalue weighted by Gasteiger charge is 2.30. The number of hydrogen-bond acceptors (Lipinski definition) is 8. The smallest absolute Gasteiger partial charge is 0.243 e. The molecular weight excluding hydrogens is 400 g/mol. The minimum Gasteiger partial charge on any atom is -0.486 e. The van der Waals surface area contributed by atoms with Crippen LogP contribution in [0.1, 0.15) is 5.69 Å². The normalized spacial score (nSPS) is 18.8. The van der Waals surface area contributed by atoms with E-state index >= 15 is 0 Å². The summed E-state index contributed by atoms with van der Waals surface area (Å²) in [4.78, 5) is 2.35. The lowest BCUT2D eigenvalue weighted by molar-refractivity contribution is 0.170. The molecule has 0 spiro atoms. The number of ether oxygens (including phenoxy) is 2.